The summed E-state index contributed by atoms with van der Waals surface area (Å²) in [6.45, 7) is 2.25. The zero-order valence-electron chi connectivity index (χ0n) is 24.1. The van der Waals surface area contributed by atoms with Gasteiger partial charge in [-0.25, -0.2) is 19.9 Å². The lowest BCUT2D eigenvalue weighted by atomic mass is 9.91. The zero-order valence-corrected chi connectivity index (χ0v) is 24.1. The number of pyridine rings is 1. The first-order valence-electron chi connectivity index (χ1n) is 14.4. The molecule has 6 aromatic rings. The largest absolute Gasteiger partial charge is 0.333 e. The predicted octanol–water partition coefficient (Wildman–Crippen LogP) is 5.19. The fourth-order valence-corrected chi connectivity index (χ4v) is 5.83. The van der Waals surface area contributed by atoms with E-state index in [0.717, 1.165) is 24.3 Å². The first-order valence-corrected chi connectivity index (χ1v) is 14.4. The number of aryl methyl sites for hydroxylation is 1. The monoisotopic (exact) mass is 569 g/mol. The van der Waals surface area contributed by atoms with Gasteiger partial charge in [0.05, 0.1) is 16.9 Å². The van der Waals surface area contributed by atoms with Gasteiger partial charge in [0, 0.05) is 55.0 Å². The van der Waals surface area contributed by atoms with E-state index in [0.29, 0.717) is 45.7 Å². The van der Waals surface area contributed by atoms with E-state index < -0.39 is 0 Å². The Morgan fingerprint density at radius 1 is 0.930 bits per heavy atom. The van der Waals surface area contributed by atoms with Crippen LogP contribution in [0.5, 0.6) is 0 Å². The molecule has 214 valence electrons. The highest BCUT2D eigenvalue weighted by Crippen LogP contribution is 2.29. The number of nitrogens with zero attached hydrogens (tertiary/aromatic N) is 8. The first-order chi connectivity index (χ1) is 21.0. The lowest BCUT2D eigenvalue weighted by Gasteiger charge is -2.30. The van der Waals surface area contributed by atoms with Crippen molar-refractivity contribution in [2.75, 3.05) is 25.5 Å². The third-order valence-corrected chi connectivity index (χ3v) is 7.99. The molecule has 1 atom stereocenters. The molecule has 7 rings (SSSR count). The lowest BCUT2D eigenvalue weighted by molar-refractivity contribution is 0.251. The highest BCUT2D eigenvalue weighted by molar-refractivity contribution is 5.82. The zero-order chi connectivity index (χ0) is 29.3. The van der Waals surface area contributed by atoms with Crippen LogP contribution in [0.4, 0.5) is 11.6 Å². The molecule has 1 saturated heterocycles. The summed E-state index contributed by atoms with van der Waals surface area (Å²) in [4.78, 5) is 39.0. The van der Waals surface area contributed by atoms with Crippen molar-refractivity contribution in [2.24, 2.45) is 7.05 Å². The fraction of sp³-hybridized carbons (Fsp3) is 0.212. The molecule has 0 amide bonds. The second-order valence-electron chi connectivity index (χ2n) is 11.0. The Balaban J connectivity index is 1.27. The number of para-hydroxylation sites is 1. The molecule has 2 aromatic carbocycles. The number of fused-ring (bicyclic) bond motifs is 1. The number of anilines is 2. The number of rotatable bonds is 6. The Bertz CT molecular complexity index is 1950. The Hall–Kier alpha value is -5.22. The number of likely N-dealkylation sites (N-methyl/N-ethyl adjacent to an activating group) is 1. The Kier molecular flexibility index (Phi) is 6.96. The van der Waals surface area contributed by atoms with Crippen LogP contribution in [0.25, 0.3) is 39.4 Å². The third kappa shape index (κ3) is 5.28. The van der Waals surface area contributed by atoms with Gasteiger partial charge in [0.25, 0.3) is 5.56 Å². The maximum absolute atomic E-state index is 14.2. The molecular weight excluding hydrogens is 538 g/mol. The van der Waals surface area contributed by atoms with Crippen molar-refractivity contribution in [1.82, 2.24) is 39.0 Å². The van der Waals surface area contributed by atoms with Gasteiger partial charge < -0.3 is 14.8 Å². The van der Waals surface area contributed by atoms with Gasteiger partial charge in [-0.05, 0) is 68.2 Å². The lowest BCUT2D eigenvalue weighted by Crippen LogP contribution is -2.30. The van der Waals surface area contributed by atoms with Gasteiger partial charge in [-0.3, -0.25) is 9.36 Å². The standard InChI is InChI=1S/C33H31N9O/c1-40-14-6-7-23(19-40)22-10-12-26(13-11-22)37-33-36-18-24-15-28(31-38-29(20-41(31)2)25-16-34-21-35-17-25)32(43)42(30(24)39-33)27-8-4-3-5-9-27/h3-5,8-13,15-18,20-21,23H,6-7,14,19H2,1-2H3,(H,36,37,39). The van der Waals surface area contributed by atoms with Gasteiger partial charge in [-0.15, -0.1) is 0 Å². The molecule has 4 aromatic heterocycles. The summed E-state index contributed by atoms with van der Waals surface area (Å²) < 4.78 is 3.46. The van der Waals surface area contributed by atoms with Gasteiger partial charge in [-0.1, -0.05) is 30.3 Å². The number of benzene rings is 2. The summed E-state index contributed by atoms with van der Waals surface area (Å²) in [7, 11) is 4.05. The van der Waals surface area contributed by atoms with Crippen LogP contribution < -0.4 is 10.9 Å². The molecule has 10 nitrogen and oxygen atoms in total. The van der Waals surface area contributed by atoms with E-state index in [9.17, 15) is 4.79 Å². The van der Waals surface area contributed by atoms with Gasteiger partial charge in [0.15, 0.2) is 5.65 Å². The van der Waals surface area contributed by atoms with Crippen LogP contribution in [-0.2, 0) is 7.05 Å². The van der Waals surface area contributed by atoms with E-state index in [1.807, 2.05) is 54.2 Å². The van der Waals surface area contributed by atoms with Crippen LogP contribution >= 0.6 is 0 Å². The Morgan fingerprint density at radius 2 is 1.72 bits per heavy atom. The molecule has 0 aliphatic carbocycles. The molecule has 43 heavy (non-hydrogen) atoms. The average Bonchev–Trinajstić information content (AvgIpc) is 3.43. The average molecular weight is 570 g/mol. The molecule has 1 unspecified atom stereocenters. The molecule has 5 heterocycles. The van der Waals surface area contributed by atoms with Gasteiger partial charge in [0.2, 0.25) is 5.95 Å². The summed E-state index contributed by atoms with van der Waals surface area (Å²) in [5.74, 6) is 1.50. The molecule has 0 radical (unpaired) electrons. The molecule has 0 bridgehead atoms. The van der Waals surface area contributed by atoms with Crippen molar-refractivity contribution in [3.8, 4) is 28.3 Å². The fourth-order valence-electron chi connectivity index (χ4n) is 5.83. The number of piperidine rings is 1. The van der Waals surface area contributed by atoms with Crippen molar-refractivity contribution in [3.63, 3.8) is 0 Å². The second-order valence-corrected chi connectivity index (χ2v) is 11.0. The summed E-state index contributed by atoms with van der Waals surface area (Å²) >= 11 is 0. The number of hydrogen-bond acceptors (Lipinski definition) is 8. The summed E-state index contributed by atoms with van der Waals surface area (Å²) in [6.07, 6.45) is 10.9. The van der Waals surface area contributed by atoms with Crippen LogP contribution in [0.3, 0.4) is 0 Å². The predicted molar refractivity (Wildman–Crippen MR) is 168 cm³/mol. The molecule has 10 heteroatoms. The van der Waals surface area contributed by atoms with Crippen molar-refractivity contribution in [3.05, 3.63) is 108 Å². The van der Waals surface area contributed by atoms with E-state index in [-0.39, 0.29) is 5.56 Å². The van der Waals surface area contributed by atoms with Crippen LogP contribution in [0.1, 0.15) is 24.3 Å². The normalized spacial score (nSPS) is 15.5. The number of nitrogens with one attached hydrogen (secondary N) is 1. The van der Waals surface area contributed by atoms with E-state index in [2.05, 4.69) is 56.5 Å². The number of imidazole rings is 1. The maximum atomic E-state index is 14.2. The molecule has 1 fully saturated rings. The van der Waals surface area contributed by atoms with Crippen LogP contribution in [0, 0.1) is 0 Å². The summed E-state index contributed by atoms with van der Waals surface area (Å²) in [6, 6.07) is 19.8. The Labute approximate surface area is 248 Å². The van der Waals surface area contributed by atoms with Gasteiger partial charge in [-0.2, -0.15) is 4.98 Å². The van der Waals surface area contributed by atoms with E-state index in [1.165, 1.54) is 24.7 Å². The molecular formula is C33H31N9O. The van der Waals surface area contributed by atoms with Crippen LogP contribution in [-0.4, -0.2) is 59.1 Å². The highest BCUT2D eigenvalue weighted by Gasteiger charge is 2.20. The number of likely N-dealkylation sites (tertiary alicyclic amines) is 1. The smallest absolute Gasteiger partial charge is 0.267 e. The SMILES string of the molecule is CN1CCCC(c2ccc(Nc3ncc4cc(-c5nc(-c6cncnc6)cn5C)c(=O)n(-c5ccccc5)c4n3)cc2)C1. The highest BCUT2D eigenvalue weighted by atomic mass is 16.1. The minimum absolute atomic E-state index is 0.227. The molecule has 1 aliphatic heterocycles. The number of hydrogen-bond donors (Lipinski definition) is 1. The van der Waals surface area contributed by atoms with Crippen LogP contribution in [0.2, 0.25) is 0 Å². The molecule has 0 spiro atoms. The van der Waals surface area contributed by atoms with Crippen molar-refractivity contribution < 1.29 is 0 Å². The van der Waals surface area contributed by atoms with Gasteiger partial charge >= 0.3 is 0 Å². The minimum Gasteiger partial charge on any atom is -0.333 e. The maximum Gasteiger partial charge on any atom is 0.267 e. The minimum atomic E-state index is -0.227. The van der Waals surface area contributed by atoms with E-state index >= 15 is 0 Å². The first kappa shape index (κ1) is 26.7. The quantitative estimate of drug-likeness (QED) is 0.292. The van der Waals surface area contributed by atoms with Gasteiger partial charge in [0.1, 0.15) is 12.2 Å². The van der Waals surface area contributed by atoms with Crippen molar-refractivity contribution >= 4 is 22.7 Å². The number of aromatic nitrogens is 7. The Morgan fingerprint density at radius 3 is 2.49 bits per heavy atom. The third-order valence-electron chi connectivity index (χ3n) is 7.99. The molecule has 1 aliphatic rings. The van der Waals surface area contributed by atoms with Crippen LogP contribution in [0.15, 0.2) is 96.6 Å². The van der Waals surface area contributed by atoms with E-state index in [1.54, 1.807) is 23.2 Å². The van der Waals surface area contributed by atoms with Crippen molar-refractivity contribution in [1.29, 1.82) is 0 Å². The summed E-state index contributed by atoms with van der Waals surface area (Å²) in [5.41, 5.74) is 5.11. The molecule has 0 saturated carbocycles. The topological polar surface area (TPSA) is 107 Å². The molecule has 1 N–H and O–H groups in total. The second kappa shape index (κ2) is 11.2. The summed E-state index contributed by atoms with van der Waals surface area (Å²) in [5, 5.41) is 4.05. The van der Waals surface area contributed by atoms with E-state index in [4.69, 9.17) is 9.97 Å². The van der Waals surface area contributed by atoms with Crippen molar-refractivity contribution in [2.45, 2.75) is 18.8 Å².